The zero-order valence-electron chi connectivity index (χ0n) is 67.6. The molecule has 0 rings (SSSR count). The summed E-state index contributed by atoms with van der Waals surface area (Å²) in [7, 11) is -9.92. The second kappa shape index (κ2) is 75.5. The van der Waals surface area contributed by atoms with E-state index >= 15 is 0 Å². The van der Waals surface area contributed by atoms with E-state index in [9.17, 15) is 43.2 Å². The highest BCUT2D eigenvalue weighted by Crippen LogP contribution is 2.45. The summed E-state index contributed by atoms with van der Waals surface area (Å²) >= 11 is 0. The van der Waals surface area contributed by atoms with Crippen molar-refractivity contribution in [1.29, 1.82) is 0 Å². The van der Waals surface area contributed by atoms with Gasteiger partial charge in [-0.1, -0.05) is 395 Å². The molecule has 0 saturated carbocycles. The molecule has 0 aliphatic rings. The van der Waals surface area contributed by atoms with Crippen LogP contribution in [0.5, 0.6) is 0 Å². The second-order valence-corrected chi connectivity index (χ2v) is 34.1. The van der Waals surface area contributed by atoms with E-state index in [-0.39, 0.29) is 25.7 Å². The minimum absolute atomic E-state index is 0.108. The van der Waals surface area contributed by atoms with Crippen molar-refractivity contribution < 1.29 is 80.2 Å². The van der Waals surface area contributed by atoms with Gasteiger partial charge in [0.15, 0.2) is 12.2 Å². The van der Waals surface area contributed by atoms with Gasteiger partial charge in [-0.3, -0.25) is 37.3 Å². The third-order valence-corrected chi connectivity index (χ3v) is 21.6. The Bertz CT molecular complexity index is 1980. The highest BCUT2D eigenvalue weighted by atomic mass is 31.2. The maximum Gasteiger partial charge on any atom is 0.472 e. The van der Waals surface area contributed by atoms with Gasteiger partial charge in [0, 0.05) is 25.7 Å². The van der Waals surface area contributed by atoms with Gasteiger partial charge in [-0.25, -0.2) is 9.13 Å². The molecule has 103 heavy (non-hydrogen) atoms. The molecule has 19 heteroatoms. The summed E-state index contributed by atoms with van der Waals surface area (Å²) < 4.78 is 68.8. The maximum absolute atomic E-state index is 13.1. The second-order valence-electron chi connectivity index (χ2n) is 31.2. The van der Waals surface area contributed by atoms with Crippen LogP contribution in [0.2, 0.25) is 0 Å². The van der Waals surface area contributed by atoms with Gasteiger partial charge in [-0.05, 0) is 37.5 Å². The monoisotopic (exact) mass is 1510 g/mol. The predicted octanol–water partition coefficient (Wildman–Crippen LogP) is 25.5. The van der Waals surface area contributed by atoms with Crippen molar-refractivity contribution in [2.24, 2.45) is 11.8 Å². The number of phosphoric acid groups is 2. The van der Waals surface area contributed by atoms with E-state index in [4.69, 9.17) is 37.0 Å². The third kappa shape index (κ3) is 78.0. The lowest BCUT2D eigenvalue weighted by Gasteiger charge is -2.21. The molecule has 0 heterocycles. The van der Waals surface area contributed by atoms with Crippen molar-refractivity contribution in [3.63, 3.8) is 0 Å². The number of phosphoric ester groups is 2. The molecular weight excluding hydrogens is 1340 g/mol. The van der Waals surface area contributed by atoms with Crippen molar-refractivity contribution >= 4 is 39.5 Å². The lowest BCUT2D eigenvalue weighted by molar-refractivity contribution is -0.161. The first-order chi connectivity index (χ1) is 49.9. The molecule has 0 aromatic heterocycles. The Morgan fingerprint density at radius 3 is 0.660 bits per heavy atom. The van der Waals surface area contributed by atoms with Gasteiger partial charge in [0.05, 0.1) is 26.4 Å². The largest absolute Gasteiger partial charge is 0.472 e. The van der Waals surface area contributed by atoms with Crippen molar-refractivity contribution in [2.45, 2.75) is 464 Å². The fraction of sp³-hybridized carbons (Fsp3) is 0.952. The van der Waals surface area contributed by atoms with E-state index in [0.29, 0.717) is 25.7 Å². The van der Waals surface area contributed by atoms with Crippen molar-refractivity contribution in [3.05, 3.63) is 0 Å². The van der Waals surface area contributed by atoms with Crippen LogP contribution in [-0.4, -0.2) is 96.7 Å². The average molecular weight is 1510 g/mol. The summed E-state index contributed by atoms with van der Waals surface area (Å²) in [4.78, 5) is 73.1. The third-order valence-electron chi connectivity index (χ3n) is 19.7. The van der Waals surface area contributed by atoms with Crippen LogP contribution in [0.1, 0.15) is 446 Å². The van der Waals surface area contributed by atoms with E-state index in [1.54, 1.807) is 0 Å². The summed E-state index contributed by atoms with van der Waals surface area (Å²) in [5.74, 6) is -0.478. The van der Waals surface area contributed by atoms with Crippen LogP contribution in [0.3, 0.4) is 0 Å². The number of hydrogen-bond donors (Lipinski definition) is 3. The molecule has 0 radical (unpaired) electrons. The van der Waals surface area contributed by atoms with Crippen molar-refractivity contribution in [1.82, 2.24) is 0 Å². The van der Waals surface area contributed by atoms with Crippen LogP contribution >= 0.6 is 15.6 Å². The molecule has 0 aromatic carbocycles. The van der Waals surface area contributed by atoms with E-state index in [0.717, 1.165) is 102 Å². The topological polar surface area (TPSA) is 237 Å². The highest BCUT2D eigenvalue weighted by Gasteiger charge is 2.30. The molecule has 612 valence electrons. The van der Waals surface area contributed by atoms with Gasteiger partial charge in [-0.15, -0.1) is 0 Å². The van der Waals surface area contributed by atoms with E-state index in [2.05, 4.69) is 41.5 Å². The molecule has 0 aliphatic heterocycles. The Kier molecular flexibility index (Phi) is 74.1. The summed E-state index contributed by atoms with van der Waals surface area (Å²) in [5.41, 5.74) is 0. The number of hydrogen-bond acceptors (Lipinski definition) is 15. The number of unbranched alkanes of at least 4 members (excludes halogenated alkanes) is 53. The van der Waals surface area contributed by atoms with E-state index in [1.807, 2.05) is 0 Å². The molecular formula is C84H164O17P2. The van der Waals surface area contributed by atoms with Gasteiger partial charge >= 0.3 is 39.5 Å². The van der Waals surface area contributed by atoms with Crippen LogP contribution in [0, 0.1) is 11.8 Å². The highest BCUT2D eigenvalue weighted by molar-refractivity contribution is 7.47. The smallest absolute Gasteiger partial charge is 0.462 e. The molecule has 0 bridgehead atoms. The molecule has 3 N–H and O–H groups in total. The lowest BCUT2D eigenvalue weighted by atomic mass is 10.0. The molecule has 5 atom stereocenters. The normalized spacial score (nSPS) is 13.9. The average Bonchev–Trinajstić information content (AvgIpc) is 1.04. The quantitative estimate of drug-likeness (QED) is 0.0222. The van der Waals surface area contributed by atoms with Crippen LogP contribution < -0.4 is 0 Å². The molecule has 0 spiro atoms. The summed E-state index contributed by atoms with van der Waals surface area (Å²) in [6.07, 6.45) is 66.6. The fourth-order valence-corrected chi connectivity index (χ4v) is 14.6. The van der Waals surface area contributed by atoms with Gasteiger partial charge in [-0.2, -0.15) is 0 Å². The molecule has 0 aromatic rings. The minimum atomic E-state index is -4.96. The number of aliphatic hydroxyl groups is 1. The number of carbonyl (C=O) groups excluding carboxylic acids is 4. The Morgan fingerprint density at radius 1 is 0.262 bits per heavy atom. The number of carbonyl (C=O) groups is 4. The lowest BCUT2D eigenvalue weighted by Crippen LogP contribution is -2.30. The first-order valence-electron chi connectivity index (χ1n) is 43.5. The maximum atomic E-state index is 13.1. The van der Waals surface area contributed by atoms with Crippen molar-refractivity contribution in [2.75, 3.05) is 39.6 Å². The number of aliphatic hydroxyl groups excluding tert-OH is 1. The van der Waals surface area contributed by atoms with Crippen LogP contribution in [0.25, 0.3) is 0 Å². The Morgan fingerprint density at radius 2 is 0.447 bits per heavy atom. The SMILES string of the molecule is CCCCCCCCCCCCCCCCCC(=O)O[C@H](COC(=O)CCCCCCCCCCC)COP(=O)(O)OC[C@H](O)COP(=O)(O)OC[C@@H](COC(=O)CCCCCCCCCCCCCCCCCC(C)C)OC(=O)CCCCCCCCCCCCCCCCCCCCC(C)C. The Hall–Kier alpha value is -1.94. The molecule has 0 amide bonds. The van der Waals surface area contributed by atoms with Crippen LogP contribution in [0.4, 0.5) is 0 Å². The number of esters is 4. The van der Waals surface area contributed by atoms with E-state index < -0.39 is 97.5 Å². The Balaban J connectivity index is 5.21. The summed E-state index contributed by atoms with van der Waals surface area (Å²) in [6.45, 7) is 9.71. The van der Waals surface area contributed by atoms with Gasteiger partial charge < -0.3 is 33.8 Å². The van der Waals surface area contributed by atoms with Crippen molar-refractivity contribution in [3.8, 4) is 0 Å². The zero-order chi connectivity index (χ0) is 75.6. The predicted molar refractivity (Wildman–Crippen MR) is 423 cm³/mol. The zero-order valence-corrected chi connectivity index (χ0v) is 69.4. The summed E-state index contributed by atoms with van der Waals surface area (Å²) in [5, 5.41) is 10.7. The van der Waals surface area contributed by atoms with Gasteiger partial charge in [0.25, 0.3) is 0 Å². The molecule has 0 aliphatic carbocycles. The first-order valence-corrected chi connectivity index (χ1v) is 46.5. The first kappa shape index (κ1) is 101. The Labute approximate surface area is 632 Å². The number of ether oxygens (including phenoxy) is 4. The van der Waals surface area contributed by atoms with Gasteiger partial charge in [0.1, 0.15) is 19.3 Å². The van der Waals surface area contributed by atoms with Gasteiger partial charge in [0.2, 0.25) is 0 Å². The van der Waals surface area contributed by atoms with Crippen LogP contribution in [0.15, 0.2) is 0 Å². The summed E-state index contributed by atoms with van der Waals surface area (Å²) in [6, 6.07) is 0. The van der Waals surface area contributed by atoms with Crippen LogP contribution in [-0.2, 0) is 65.4 Å². The minimum Gasteiger partial charge on any atom is -0.462 e. The number of rotatable bonds is 83. The fourth-order valence-electron chi connectivity index (χ4n) is 13.1. The molecule has 0 fully saturated rings. The molecule has 0 saturated heterocycles. The molecule has 17 nitrogen and oxygen atoms in total. The van der Waals surface area contributed by atoms with E-state index in [1.165, 1.54) is 263 Å². The molecule has 2 unspecified atom stereocenters. The standard InChI is InChI=1S/C84H164O17P2/c1-7-9-11-13-15-17-18-19-25-33-38-44-50-56-62-68-83(88)100-79(72-94-81(86)66-60-54-48-40-16-14-12-10-8-2)74-98-102(90,91)96-70-78(85)71-97-103(92,93)99-75-80(73-95-82(87)67-61-55-49-43-37-32-29-24-27-31-36-42-47-53-59-65-77(5)6)101-84(89)69-63-57-51-45-39-34-28-23-21-20-22-26-30-35-41-46-52-58-64-76(3)4/h76-80,85H,7-75H2,1-6H3,(H,90,91)(H,92,93)/t78-,79+,80+/m0/s1.